The van der Waals surface area contributed by atoms with E-state index >= 15 is 0 Å². The standard InChI is InChI=1S/C24H23F4N3O5S/c1-30(20-3-2-4-21-19(20)12-29-31(21)13-22-23(32)36-22)37(33,34)18-10-14(24(26,27)28)9-17(11-18)35-16-7-5-15(25)6-8-16/h5-12,20,22-23,32H,2-4,13H2,1H3/t20-,22?,23?/m1/s1. The van der Waals surface area contributed by atoms with Crippen molar-refractivity contribution in [2.75, 3.05) is 7.05 Å². The summed E-state index contributed by atoms with van der Waals surface area (Å²) in [5, 5.41) is 13.8. The van der Waals surface area contributed by atoms with E-state index in [9.17, 15) is 31.1 Å². The molecule has 2 aromatic carbocycles. The van der Waals surface area contributed by atoms with Gasteiger partial charge in [-0.2, -0.15) is 22.6 Å². The lowest BCUT2D eigenvalue weighted by Gasteiger charge is -2.31. The SMILES string of the molecule is CN([C@@H]1CCCc2c1cnn2CC1OC1O)S(=O)(=O)c1cc(Oc2ccc(F)cc2)cc(C(F)(F)F)c1. The monoisotopic (exact) mass is 541 g/mol. The fourth-order valence-electron chi connectivity index (χ4n) is 4.48. The van der Waals surface area contributed by atoms with Crippen molar-refractivity contribution in [1.29, 1.82) is 0 Å². The number of aliphatic hydroxyl groups is 1. The molecule has 198 valence electrons. The van der Waals surface area contributed by atoms with Crippen molar-refractivity contribution < 1.29 is 40.6 Å². The van der Waals surface area contributed by atoms with Crippen molar-refractivity contribution >= 4 is 10.0 Å². The number of rotatable bonds is 7. The Morgan fingerprint density at radius 2 is 1.89 bits per heavy atom. The van der Waals surface area contributed by atoms with E-state index in [2.05, 4.69) is 5.10 Å². The average Bonchev–Trinajstić information content (AvgIpc) is 3.39. The number of hydrogen-bond donors (Lipinski definition) is 1. The van der Waals surface area contributed by atoms with Gasteiger partial charge in [-0.25, -0.2) is 12.8 Å². The van der Waals surface area contributed by atoms with Crippen molar-refractivity contribution in [3.8, 4) is 11.5 Å². The first-order chi connectivity index (χ1) is 17.4. The number of aliphatic hydroxyl groups excluding tert-OH is 1. The number of alkyl halides is 3. The van der Waals surface area contributed by atoms with E-state index in [1.165, 1.54) is 19.2 Å². The second-order valence-electron chi connectivity index (χ2n) is 8.97. The molecule has 1 aromatic heterocycles. The molecule has 1 aliphatic carbocycles. The van der Waals surface area contributed by atoms with Gasteiger partial charge in [0.05, 0.1) is 29.2 Å². The molecule has 1 N–H and O–H groups in total. The molecule has 1 fully saturated rings. The third kappa shape index (κ3) is 5.21. The van der Waals surface area contributed by atoms with Crippen LogP contribution in [0.15, 0.2) is 53.6 Å². The maximum atomic E-state index is 13.7. The summed E-state index contributed by atoms with van der Waals surface area (Å²) in [4.78, 5) is -0.587. The van der Waals surface area contributed by atoms with Crippen molar-refractivity contribution in [3.63, 3.8) is 0 Å². The molecule has 1 saturated heterocycles. The van der Waals surface area contributed by atoms with Crippen LogP contribution in [0.25, 0.3) is 0 Å². The van der Waals surface area contributed by atoms with Crippen molar-refractivity contribution in [2.45, 2.75) is 55.3 Å². The Bertz CT molecular complexity index is 1410. The molecule has 3 aromatic rings. The zero-order valence-electron chi connectivity index (χ0n) is 19.5. The zero-order valence-corrected chi connectivity index (χ0v) is 20.3. The average molecular weight is 542 g/mol. The van der Waals surface area contributed by atoms with Crippen LogP contribution in [-0.2, 0) is 33.9 Å². The smallest absolute Gasteiger partial charge is 0.416 e. The highest BCUT2D eigenvalue weighted by Gasteiger charge is 2.40. The topological polar surface area (TPSA) is 97.2 Å². The number of sulfonamides is 1. The molecule has 37 heavy (non-hydrogen) atoms. The molecule has 5 rings (SSSR count). The van der Waals surface area contributed by atoms with E-state index in [1.54, 1.807) is 10.9 Å². The molecule has 0 amide bonds. The van der Waals surface area contributed by atoms with Gasteiger partial charge < -0.3 is 14.6 Å². The van der Waals surface area contributed by atoms with Crippen LogP contribution in [0.3, 0.4) is 0 Å². The lowest BCUT2D eigenvalue weighted by Crippen LogP contribution is -2.33. The van der Waals surface area contributed by atoms with Gasteiger partial charge in [0.25, 0.3) is 0 Å². The molecule has 2 unspecified atom stereocenters. The fourth-order valence-corrected chi connectivity index (χ4v) is 5.91. The van der Waals surface area contributed by atoms with Gasteiger partial charge in [-0.05, 0) is 55.7 Å². The Kier molecular flexibility index (Phi) is 6.51. The van der Waals surface area contributed by atoms with Crippen LogP contribution in [0.5, 0.6) is 11.5 Å². The molecule has 0 spiro atoms. The van der Waals surface area contributed by atoms with Crippen molar-refractivity contribution in [2.24, 2.45) is 0 Å². The first-order valence-corrected chi connectivity index (χ1v) is 12.9. The van der Waals surface area contributed by atoms with Gasteiger partial charge in [-0.1, -0.05) is 0 Å². The van der Waals surface area contributed by atoms with Crippen LogP contribution in [-0.4, -0.2) is 47.1 Å². The van der Waals surface area contributed by atoms with Gasteiger partial charge in [-0.15, -0.1) is 0 Å². The summed E-state index contributed by atoms with van der Waals surface area (Å²) in [6, 6.07) is 6.23. The predicted octanol–water partition coefficient (Wildman–Crippen LogP) is 4.25. The number of benzene rings is 2. The van der Waals surface area contributed by atoms with E-state index in [0.29, 0.717) is 43.5 Å². The molecule has 0 saturated carbocycles. The summed E-state index contributed by atoms with van der Waals surface area (Å²) < 4.78 is 94.6. The molecule has 8 nitrogen and oxygen atoms in total. The first kappa shape index (κ1) is 25.6. The minimum Gasteiger partial charge on any atom is -0.457 e. The molecule has 1 aliphatic heterocycles. The Morgan fingerprint density at radius 1 is 1.19 bits per heavy atom. The van der Waals surface area contributed by atoms with Gasteiger partial charge in [0.15, 0.2) is 6.29 Å². The van der Waals surface area contributed by atoms with Gasteiger partial charge in [0.1, 0.15) is 23.4 Å². The van der Waals surface area contributed by atoms with E-state index in [1.807, 2.05) is 0 Å². The number of hydrogen-bond acceptors (Lipinski definition) is 6. The Labute approximate surface area is 210 Å². The predicted molar refractivity (Wildman–Crippen MR) is 122 cm³/mol. The molecule has 13 heteroatoms. The quantitative estimate of drug-likeness (QED) is 0.355. The highest BCUT2D eigenvalue weighted by Crippen LogP contribution is 2.40. The van der Waals surface area contributed by atoms with Crippen LogP contribution in [0.4, 0.5) is 17.6 Å². The molecule has 3 atom stereocenters. The Hall–Kier alpha value is -3.00. The van der Waals surface area contributed by atoms with Crippen LogP contribution < -0.4 is 4.74 Å². The molecule has 0 bridgehead atoms. The van der Waals surface area contributed by atoms with Crippen molar-refractivity contribution in [1.82, 2.24) is 14.1 Å². The lowest BCUT2D eigenvalue weighted by atomic mass is 9.93. The van der Waals surface area contributed by atoms with E-state index < -0.39 is 44.8 Å². The highest BCUT2D eigenvalue weighted by atomic mass is 32.2. The van der Waals surface area contributed by atoms with E-state index in [4.69, 9.17) is 9.47 Å². The summed E-state index contributed by atoms with van der Waals surface area (Å²) in [7, 11) is -3.08. The third-order valence-corrected chi connectivity index (χ3v) is 8.36. The first-order valence-electron chi connectivity index (χ1n) is 11.5. The van der Waals surface area contributed by atoms with Crippen LogP contribution in [0.2, 0.25) is 0 Å². The molecule has 2 aliphatic rings. The molecular weight excluding hydrogens is 518 g/mol. The molecule has 2 heterocycles. The minimum absolute atomic E-state index is 0.0477. The normalized spacial score (nSPS) is 21.6. The largest absolute Gasteiger partial charge is 0.457 e. The maximum absolute atomic E-state index is 13.7. The minimum atomic E-state index is -4.83. The molecule has 0 radical (unpaired) electrons. The lowest BCUT2D eigenvalue weighted by molar-refractivity contribution is -0.137. The van der Waals surface area contributed by atoms with Crippen LogP contribution in [0.1, 0.15) is 35.7 Å². The number of nitrogens with zero attached hydrogens (tertiary/aromatic N) is 3. The fraction of sp³-hybridized carbons (Fsp3) is 0.375. The van der Waals surface area contributed by atoms with Gasteiger partial charge in [0.2, 0.25) is 10.0 Å². The van der Waals surface area contributed by atoms with Gasteiger partial charge in [0, 0.05) is 24.4 Å². The third-order valence-electron chi connectivity index (χ3n) is 6.51. The number of halogens is 4. The Morgan fingerprint density at radius 3 is 2.54 bits per heavy atom. The second-order valence-corrected chi connectivity index (χ2v) is 11.0. The second kappa shape index (κ2) is 9.39. The number of aromatic nitrogens is 2. The molecular formula is C24H23F4N3O5S. The van der Waals surface area contributed by atoms with Gasteiger partial charge in [-0.3, -0.25) is 4.68 Å². The van der Waals surface area contributed by atoms with Crippen LogP contribution in [0, 0.1) is 5.82 Å². The summed E-state index contributed by atoms with van der Waals surface area (Å²) in [6.45, 7) is 0.317. The summed E-state index contributed by atoms with van der Waals surface area (Å²) in [5.74, 6) is -0.864. The summed E-state index contributed by atoms with van der Waals surface area (Å²) in [5.41, 5.74) is 0.256. The maximum Gasteiger partial charge on any atom is 0.416 e. The number of fused-ring (bicyclic) bond motifs is 1. The van der Waals surface area contributed by atoms with E-state index in [-0.39, 0.29) is 17.6 Å². The zero-order chi connectivity index (χ0) is 26.5. The van der Waals surface area contributed by atoms with Crippen molar-refractivity contribution in [3.05, 3.63) is 71.3 Å². The Balaban J connectivity index is 1.47. The van der Waals surface area contributed by atoms with E-state index in [0.717, 1.165) is 28.2 Å². The summed E-state index contributed by atoms with van der Waals surface area (Å²) >= 11 is 0. The number of epoxide rings is 1. The van der Waals surface area contributed by atoms with Crippen LogP contribution >= 0.6 is 0 Å². The number of ether oxygens (including phenoxy) is 2. The van der Waals surface area contributed by atoms with Gasteiger partial charge >= 0.3 is 6.18 Å². The summed E-state index contributed by atoms with van der Waals surface area (Å²) in [6.07, 6.45) is -2.78. The highest BCUT2D eigenvalue weighted by molar-refractivity contribution is 7.89.